The van der Waals surface area contributed by atoms with Crippen molar-refractivity contribution in [2.24, 2.45) is 0 Å². The van der Waals surface area contributed by atoms with Gasteiger partial charge in [-0.15, -0.1) is 0 Å². The minimum atomic E-state index is -4.67. The van der Waals surface area contributed by atoms with E-state index in [4.69, 9.17) is 9.47 Å². The molecule has 3 nitrogen and oxygen atoms in total. The van der Waals surface area contributed by atoms with Crippen molar-refractivity contribution in [2.45, 2.75) is 31.2 Å². The van der Waals surface area contributed by atoms with Crippen LogP contribution in [0.2, 0.25) is 0 Å². The van der Waals surface area contributed by atoms with E-state index >= 15 is 0 Å². The molecule has 1 aliphatic heterocycles. The van der Waals surface area contributed by atoms with Gasteiger partial charge in [0.2, 0.25) is 0 Å². The number of esters is 1. The summed E-state index contributed by atoms with van der Waals surface area (Å²) in [5, 5.41) is 0. The number of alkyl halides is 3. The van der Waals surface area contributed by atoms with Crippen LogP contribution in [0.3, 0.4) is 0 Å². The summed E-state index contributed by atoms with van der Waals surface area (Å²) in [6.45, 7) is 1.77. The summed E-state index contributed by atoms with van der Waals surface area (Å²) in [5.41, 5.74) is -2.00. The molecular formula is C21H19F3O3. The fraction of sp³-hybridized carbons (Fsp3) is 0.286. The number of hydrogen-bond acceptors (Lipinski definition) is 3. The molecule has 142 valence electrons. The Morgan fingerprint density at radius 1 is 1.11 bits per heavy atom. The van der Waals surface area contributed by atoms with E-state index in [0.29, 0.717) is 5.56 Å². The van der Waals surface area contributed by atoms with Gasteiger partial charge in [0.25, 0.3) is 0 Å². The van der Waals surface area contributed by atoms with Crippen molar-refractivity contribution >= 4 is 5.97 Å². The van der Waals surface area contributed by atoms with Crippen molar-refractivity contribution < 1.29 is 27.4 Å². The zero-order chi connectivity index (χ0) is 19.5. The molecular weight excluding hydrogens is 357 g/mol. The third-order valence-electron chi connectivity index (χ3n) is 4.52. The van der Waals surface area contributed by atoms with Crippen molar-refractivity contribution in [2.75, 3.05) is 6.61 Å². The first-order chi connectivity index (χ1) is 12.9. The lowest BCUT2D eigenvalue weighted by Gasteiger charge is -2.42. The van der Waals surface area contributed by atoms with Crippen molar-refractivity contribution in [3.8, 4) is 0 Å². The van der Waals surface area contributed by atoms with Gasteiger partial charge in [-0.05, 0) is 18.1 Å². The van der Waals surface area contributed by atoms with Gasteiger partial charge in [-0.3, -0.25) is 0 Å². The van der Waals surface area contributed by atoms with Gasteiger partial charge in [0.05, 0.1) is 12.2 Å². The molecule has 0 N–H and O–H groups in total. The van der Waals surface area contributed by atoms with E-state index in [1.54, 1.807) is 43.3 Å². The van der Waals surface area contributed by atoms with E-state index < -0.39 is 30.3 Å². The highest BCUT2D eigenvalue weighted by Crippen LogP contribution is 2.52. The smallest absolute Gasteiger partial charge is 0.422 e. The van der Waals surface area contributed by atoms with Gasteiger partial charge in [0.15, 0.2) is 5.60 Å². The summed E-state index contributed by atoms with van der Waals surface area (Å²) in [7, 11) is 0. The second kappa shape index (κ2) is 7.56. The molecule has 0 saturated carbocycles. The highest BCUT2D eigenvalue weighted by molar-refractivity contribution is 5.90. The molecule has 0 amide bonds. The quantitative estimate of drug-likeness (QED) is 0.697. The normalized spacial score (nSPS) is 22.8. The van der Waals surface area contributed by atoms with Crippen LogP contribution in [-0.4, -0.2) is 18.8 Å². The summed E-state index contributed by atoms with van der Waals surface area (Å²) in [6.07, 6.45) is -5.06. The van der Waals surface area contributed by atoms with Gasteiger partial charge in [0.1, 0.15) is 6.10 Å². The first kappa shape index (κ1) is 19.2. The Kier molecular flexibility index (Phi) is 5.37. The number of hydrogen-bond donors (Lipinski definition) is 0. The van der Waals surface area contributed by atoms with E-state index in [1.807, 2.05) is 0 Å². The lowest BCUT2D eigenvalue weighted by atomic mass is 9.84. The number of rotatable bonds is 4. The van der Waals surface area contributed by atoms with Gasteiger partial charge in [-0.1, -0.05) is 66.7 Å². The van der Waals surface area contributed by atoms with E-state index in [1.165, 1.54) is 30.3 Å². The van der Waals surface area contributed by atoms with Crippen LogP contribution in [0.15, 0.2) is 72.3 Å². The van der Waals surface area contributed by atoms with E-state index in [2.05, 4.69) is 0 Å². The van der Waals surface area contributed by atoms with Gasteiger partial charge in [0, 0.05) is 6.42 Å². The molecule has 0 bridgehead atoms. The number of halogens is 3. The molecule has 0 unspecified atom stereocenters. The summed E-state index contributed by atoms with van der Waals surface area (Å²) >= 11 is 0. The molecule has 0 aliphatic carbocycles. The zero-order valence-electron chi connectivity index (χ0n) is 14.7. The molecule has 2 aromatic carbocycles. The Morgan fingerprint density at radius 2 is 1.70 bits per heavy atom. The second-order valence-corrected chi connectivity index (χ2v) is 6.18. The maximum Gasteiger partial charge on any atom is 0.422 e. The van der Waals surface area contributed by atoms with Crippen LogP contribution in [0.25, 0.3) is 0 Å². The topological polar surface area (TPSA) is 35.5 Å². The monoisotopic (exact) mass is 376 g/mol. The summed E-state index contributed by atoms with van der Waals surface area (Å²) < 4.78 is 53.3. The molecule has 6 heteroatoms. The van der Waals surface area contributed by atoms with E-state index in [-0.39, 0.29) is 17.7 Å². The second-order valence-electron chi connectivity index (χ2n) is 6.18. The fourth-order valence-corrected chi connectivity index (χ4v) is 3.19. The standard InChI is InChI=1S/C21H19F3O3/c1-2-26-19(25)17-13-14-20(21(22,23)24,16-11-7-4-8-12-16)27-18(17)15-9-5-3-6-10-15/h3-13,18H,2,14H2,1H3/t18-,20-/m1/s1. The van der Waals surface area contributed by atoms with Crippen LogP contribution in [-0.2, 0) is 19.9 Å². The molecule has 2 atom stereocenters. The van der Waals surface area contributed by atoms with Gasteiger partial charge < -0.3 is 9.47 Å². The third-order valence-corrected chi connectivity index (χ3v) is 4.52. The Bertz CT molecular complexity index is 816. The summed E-state index contributed by atoms with van der Waals surface area (Å²) in [5.74, 6) is -0.671. The fourth-order valence-electron chi connectivity index (χ4n) is 3.19. The highest BCUT2D eigenvalue weighted by atomic mass is 19.4. The molecule has 2 aromatic rings. The van der Waals surface area contributed by atoms with Crippen LogP contribution in [0.5, 0.6) is 0 Å². The lowest BCUT2D eigenvalue weighted by molar-refractivity contribution is -0.298. The average molecular weight is 376 g/mol. The molecule has 0 aromatic heterocycles. The van der Waals surface area contributed by atoms with Crippen LogP contribution in [0.1, 0.15) is 30.6 Å². The van der Waals surface area contributed by atoms with Crippen molar-refractivity contribution in [1.29, 1.82) is 0 Å². The van der Waals surface area contributed by atoms with Crippen molar-refractivity contribution in [1.82, 2.24) is 0 Å². The molecule has 0 spiro atoms. The summed E-state index contributed by atoms with van der Waals surface area (Å²) in [6, 6.07) is 15.9. The molecule has 3 rings (SSSR count). The summed E-state index contributed by atoms with van der Waals surface area (Å²) in [4.78, 5) is 12.3. The predicted octanol–water partition coefficient (Wildman–Crippen LogP) is 5.10. The Morgan fingerprint density at radius 3 is 2.26 bits per heavy atom. The molecule has 0 fully saturated rings. The Labute approximate surface area is 155 Å². The maximum absolute atomic E-state index is 14.2. The highest BCUT2D eigenvalue weighted by Gasteiger charge is 2.59. The minimum absolute atomic E-state index is 0.00223. The number of carbonyl (C=O) groups excluding carboxylic acids is 1. The van der Waals surface area contributed by atoms with Crippen molar-refractivity contribution in [3.05, 3.63) is 83.4 Å². The predicted molar refractivity (Wildman–Crippen MR) is 93.8 cm³/mol. The SMILES string of the molecule is CCOC(=O)C1=CC[C@@](c2ccccc2)(C(F)(F)F)O[C@@H]1c1ccccc1. The molecule has 0 saturated heterocycles. The first-order valence-corrected chi connectivity index (χ1v) is 8.61. The molecule has 27 heavy (non-hydrogen) atoms. The Hall–Kier alpha value is -2.60. The van der Waals surface area contributed by atoms with Gasteiger partial charge in [-0.2, -0.15) is 13.2 Å². The van der Waals surface area contributed by atoms with Gasteiger partial charge >= 0.3 is 12.1 Å². The molecule has 1 aliphatic rings. The van der Waals surface area contributed by atoms with Gasteiger partial charge in [-0.25, -0.2) is 4.79 Å². The van der Waals surface area contributed by atoms with Crippen LogP contribution >= 0.6 is 0 Å². The molecule has 1 heterocycles. The number of carbonyl (C=O) groups is 1. The lowest BCUT2D eigenvalue weighted by Crippen LogP contribution is -2.48. The number of benzene rings is 2. The average Bonchev–Trinajstić information content (AvgIpc) is 2.68. The molecule has 0 radical (unpaired) electrons. The maximum atomic E-state index is 14.2. The van der Waals surface area contributed by atoms with Crippen LogP contribution in [0, 0.1) is 0 Å². The zero-order valence-corrected chi connectivity index (χ0v) is 14.7. The van der Waals surface area contributed by atoms with E-state index in [0.717, 1.165) is 0 Å². The Balaban J connectivity index is 2.13. The van der Waals surface area contributed by atoms with Crippen LogP contribution < -0.4 is 0 Å². The largest absolute Gasteiger partial charge is 0.463 e. The van der Waals surface area contributed by atoms with E-state index in [9.17, 15) is 18.0 Å². The number of ether oxygens (including phenoxy) is 2. The van der Waals surface area contributed by atoms with Crippen molar-refractivity contribution in [3.63, 3.8) is 0 Å². The first-order valence-electron chi connectivity index (χ1n) is 8.61. The van der Waals surface area contributed by atoms with Crippen LogP contribution in [0.4, 0.5) is 13.2 Å². The third kappa shape index (κ3) is 3.62. The minimum Gasteiger partial charge on any atom is -0.463 e.